The number of nitrogens with zero attached hydrogens (tertiary/aromatic N) is 3. The third-order valence-corrected chi connectivity index (χ3v) is 5.40. The molecule has 0 atom stereocenters. The van der Waals surface area contributed by atoms with Gasteiger partial charge in [0, 0.05) is 48.5 Å². The van der Waals surface area contributed by atoms with Crippen LogP contribution in [0.1, 0.15) is 41.6 Å². The van der Waals surface area contributed by atoms with Gasteiger partial charge in [0.15, 0.2) is 5.78 Å². The van der Waals surface area contributed by atoms with E-state index < -0.39 is 0 Å². The van der Waals surface area contributed by atoms with Crippen molar-refractivity contribution >= 4 is 29.2 Å². The van der Waals surface area contributed by atoms with Gasteiger partial charge in [0.25, 0.3) is 0 Å². The molecule has 1 fully saturated rings. The molecule has 1 heterocycles. The Labute approximate surface area is 171 Å². The zero-order valence-electron chi connectivity index (χ0n) is 16.7. The molecular formula is C21H28ClN5O. The number of halogens is 1. The zero-order valence-corrected chi connectivity index (χ0v) is 17.5. The predicted octanol–water partition coefficient (Wildman–Crippen LogP) is 3.70. The van der Waals surface area contributed by atoms with E-state index in [9.17, 15) is 4.79 Å². The van der Waals surface area contributed by atoms with E-state index in [1.165, 1.54) is 0 Å². The molecule has 0 bridgehead atoms. The van der Waals surface area contributed by atoms with E-state index in [1.807, 2.05) is 32.1 Å². The van der Waals surface area contributed by atoms with E-state index in [0.29, 0.717) is 35.2 Å². The number of carbonyl (C=O) groups excluding carboxylic acids is 1. The second kappa shape index (κ2) is 9.34. The van der Waals surface area contributed by atoms with E-state index in [1.54, 1.807) is 24.3 Å². The maximum Gasteiger partial charge on any atom is 0.224 e. The third kappa shape index (κ3) is 5.42. The van der Waals surface area contributed by atoms with Gasteiger partial charge in [-0.25, -0.2) is 4.98 Å². The highest BCUT2D eigenvalue weighted by Crippen LogP contribution is 2.22. The minimum absolute atomic E-state index is 0.0983. The summed E-state index contributed by atoms with van der Waals surface area (Å²) in [5, 5.41) is 7.51. The first-order valence-electron chi connectivity index (χ1n) is 9.72. The number of anilines is 2. The van der Waals surface area contributed by atoms with Crippen molar-refractivity contribution in [3.63, 3.8) is 0 Å². The maximum absolute atomic E-state index is 12.3. The normalized spacial score (nSPS) is 19.3. The number of benzene rings is 1. The molecule has 7 heteroatoms. The summed E-state index contributed by atoms with van der Waals surface area (Å²) in [4.78, 5) is 23.3. The SMILES string of the molecule is Cc1cnc(NC2CCC(NCC(=O)c3ccc(Cl)cc3)CC2)nc1N(C)C. The van der Waals surface area contributed by atoms with Crippen molar-refractivity contribution < 1.29 is 4.79 Å². The number of Topliss-reactive ketones (excluding diaryl/α,β-unsaturated/α-hetero) is 1. The van der Waals surface area contributed by atoms with E-state index >= 15 is 0 Å². The van der Waals surface area contributed by atoms with Crippen LogP contribution in [0.3, 0.4) is 0 Å². The molecule has 6 nitrogen and oxygen atoms in total. The van der Waals surface area contributed by atoms with Crippen molar-refractivity contribution in [1.82, 2.24) is 15.3 Å². The number of carbonyl (C=O) groups is 1. The molecule has 1 aromatic heterocycles. The minimum Gasteiger partial charge on any atom is -0.362 e. The highest BCUT2D eigenvalue weighted by molar-refractivity contribution is 6.30. The first-order valence-corrected chi connectivity index (χ1v) is 10.1. The monoisotopic (exact) mass is 401 g/mol. The van der Waals surface area contributed by atoms with Crippen molar-refractivity contribution in [1.29, 1.82) is 0 Å². The Hall–Kier alpha value is -2.18. The van der Waals surface area contributed by atoms with Crippen molar-refractivity contribution in [2.45, 2.75) is 44.7 Å². The summed E-state index contributed by atoms with van der Waals surface area (Å²) in [6.07, 6.45) is 5.97. The van der Waals surface area contributed by atoms with Crippen LogP contribution in [0.25, 0.3) is 0 Å². The van der Waals surface area contributed by atoms with E-state index in [0.717, 1.165) is 37.1 Å². The van der Waals surface area contributed by atoms with Gasteiger partial charge in [-0.3, -0.25) is 4.79 Å². The molecular weight excluding hydrogens is 374 g/mol. The van der Waals surface area contributed by atoms with Gasteiger partial charge in [-0.05, 0) is 56.9 Å². The highest BCUT2D eigenvalue weighted by atomic mass is 35.5. The Kier molecular flexibility index (Phi) is 6.86. The van der Waals surface area contributed by atoms with Crippen LogP contribution in [-0.4, -0.2) is 48.5 Å². The summed E-state index contributed by atoms with van der Waals surface area (Å²) in [6.45, 7) is 2.37. The third-order valence-electron chi connectivity index (χ3n) is 5.15. The lowest BCUT2D eigenvalue weighted by Crippen LogP contribution is -2.39. The quantitative estimate of drug-likeness (QED) is 0.689. The second-order valence-corrected chi connectivity index (χ2v) is 8.03. The largest absolute Gasteiger partial charge is 0.362 e. The molecule has 0 saturated heterocycles. The van der Waals surface area contributed by atoms with Crippen molar-refractivity contribution in [3.8, 4) is 0 Å². The van der Waals surface area contributed by atoms with Gasteiger partial charge in [0.1, 0.15) is 5.82 Å². The number of nitrogens with one attached hydrogen (secondary N) is 2. The number of aryl methyl sites for hydroxylation is 1. The molecule has 0 unspecified atom stereocenters. The standard InChI is InChI=1S/C21H28ClN5O/c1-14-12-24-21(26-20(14)27(2)3)25-18-10-8-17(9-11-18)23-13-19(28)15-4-6-16(22)7-5-15/h4-7,12,17-18,23H,8-11,13H2,1-3H3,(H,24,25,26). The molecule has 2 aromatic rings. The van der Waals surface area contributed by atoms with Crippen LogP contribution in [0.4, 0.5) is 11.8 Å². The van der Waals surface area contributed by atoms with Gasteiger partial charge in [-0.1, -0.05) is 11.6 Å². The topological polar surface area (TPSA) is 70.1 Å². The van der Waals surface area contributed by atoms with E-state index in [2.05, 4.69) is 20.6 Å². The molecule has 1 aliphatic rings. The number of hydrogen-bond acceptors (Lipinski definition) is 6. The lowest BCUT2D eigenvalue weighted by molar-refractivity contribution is 0.0984. The van der Waals surface area contributed by atoms with Gasteiger partial charge in [0.05, 0.1) is 6.54 Å². The zero-order chi connectivity index (χ0) is 20.1. The minimum atomic E-state index is 0.0983. The first-order chi connectivity index (χ1) is 13.4. The smallest absolute Gasteiger partial charge is 0.224 e. The number of hydrogen-bond donors (Lipinski definition) is 2. The lowest BCUT2D eigenvalue weighted by Gasteiger charge is -2.30. The Balaban J connectivity index is 1.45. The molecule has 3 rings (SSSR count). The van der Waals surface area contributed by atoms with Gasteiger partial charge in [-0.2, -0.15) is 4.98 Å². The molecule has 0 amide bonds. The summed E-state index contributed by atoms with van der Waals surface area (Å²) in [5.41, 5.74) is 1.76. The number of aromatic nitrogens is 2. The van der Waals surface area contributed by atoms with Crippen LogP contribution in [0.15, 0.2) is 30.5 Å². The number of ketones is 1. The van der Waals surface area contributed by atoms with Crippen molar-refractivity contribution in [3.05, 3.63) is 46.6 Å². The van der Waals surface area contributed by atoms with Crippen LogP contribution in [0.5, 0.6) is 0 Å². The summed E-state index contributed by atoms with van der Waals surface area (Å²) in [5.74, 6) is 1.72. The fourth-order valence-corrected chi connectivity index (χ4v) is 3.68. The fraction of sp³-hybridized carbons (Fsp3) is 0.476. The van der Waals surface area contributed by atoms with Crippen LogP contribution >= 0.6 is 11.6 Å². The lowest BCUT2D eigenvalue weighted by atomic mass is 9.91. The Morgan fingerprint density at radius 1 is 1.14 bits per heavy atom. The fourth-order valence-electron chi connectivity index (χ4n) is 3.55. The molecule has 0 radical (unpaired) electrons. The molecule has 150 valence electrons. The maximum atomic E-state index is 12.3. The number of rotatable bonds is 7. The van der Waals surface area contributed by atoms with Crippen LogP contribution in [0.2, 0.25) is 5.02 Å². The van der Waals surface area contributed by atoms with Gasteiger partial charge < -0.3 is 15.5 Å². The van der Waals surface area contributed by atoms with Gasteiger partial charge in [-0.15, -0.1) is 0 Å². The Morgan fingerprint density at radius 3 is 2.43 bits per heavy atom. The van der Waals surface area contributed by atoms with Crippen molar-refractivity contribution in [2.24, 2.45) is 0 Å². The van der Waals surface area contributed by atoms with Crippen molar-refractivity contribution in [2.75, 3.05) is 30.9 Å². The molecule has 0 aliphatic heterocycles. The molecule has 0 spiro atoms. The molecule has 1 aliphatic carbocycles. The van der Waals surface area contributed by atoms with E-state index in [-0.39, 0.29) is 5.78 Å². The molecule has 2 N–H and O–H groups in total. The average Bonchev–Trinajstić information content (AvgIpc) is 2.69. The van der Waals surface area contributed by atoms with Gasteiger partial charge >= 0.3 is 0 Å². The summed E-state index contributed by atoms with van der Waals surface area (Å²) < 4.78 is 0. The second-order valence-electron chi connectivity index (χ2n) is 7.60. The summed E-state index contributed by atoms with van der Waals surface area (Å²) in [6, 6.07) is 7.78. The average molecular weight is 402 g/mol. The predicted molar refractivity (Wildman–Crippen MR) is 115 cm³/mol. The van der Waals surface area contributed by atoms with E-state index in [4.69, 9.17) is 11.6 Å². The van der Waals surface area contributed by atoms with Crippen LogP contribution in [0, 0.1) is 6.92 Å². The van der Waals surface area contributed by atoms with Gasteiger partial charge in [0.2, 0.25) is 5.95 Å². The first kappa shape index (κ1) is 20.6. The molecule has 1 aromatic carbocycles. The summed E-state index contributed by atoms with van der Waals surface area (Å²) >= 11 is 5.87. The molecule has 28 heavy (non-hydrogen) atoms. The van der Waals surface area contributed by atoms with Crippen LogP contribution in [-0.2, 0) is 0 Å². The highest BCUT2D eigenvalue weighted by Gasteiger charge is 2.22. The molecule has 1 saturated carbocycles. The summed E-state index contributed by atoms with van der Waals surface area (Å²) in [7, 11) is 3.97. The van der Waals surface area contributed by atoms with Crippen LogP contribution < -0.4 is 15.5 Å². The Bertz CT molecular complexity index is 801. The Morgan fingerprint density at radius 2 is 1.79 bits per heavy atom.